The molecular weight excluding hydrogens is 388 g/mol. The highest BCUT2D eigenvalue weighted by molar-refractivity contribution is 5.29. The molecular formula is C25H32N4O2. The second kappa shape index (κ2) is 10.6. The molecule has 1 atom stereocenters. The van der Waals surface area contributed by atoms with Crippen molar-refractivity contribution in [3.63, 3.8) is 0 Å². The van der Waals surface area contributed by atoms with Crippen LogP contribution in [0.3, 0.4) is 0 Å². The van der Waals surface area contributed by atoms with Crippen molar-refractivity contribution in [1.29, 1.82) is 0 Å². The summed E-state index contributed by atoms with van der Waals surface area (Å²) < 4.78 is 7.64. The zero-order valence-electron chi connectivity index (χ0n) is 18.2. The lowest BCUT2D eigenvalue weighted by Gasteiger charge is -2.30. The normalized spacial score (nSPS) is 14.9. The molecule has 2 N–H and O–H groups in total. The molecule has 1 aliphatic heterocycles. The number of aliphatic hydroxyl groups excluding tert-OH is 1. The van der Waals surface area contributed by atoms with Gasteiger partial charge in [0.05, 0.1) is 6.20 Å². The Balaban J connectivity index is 1.14. The fourth-order valence-electron chi connectivity index (χ4n) is 4.02. The van der Waals surface area contributed by atoms with Gasteiger partial charge in [-0.2, -0.15) is 5.10 Å². The van der Waals surface area contributed by atoms with Gasteiger partial charge >= 0.3 is 0 Å². The largest absolute Gasteiger partial charge is 0.491 e. The first-order valence-electron chi connectivity index (χ1n) is 11.0. The molecule has 0 amide bonds. The molecule has 1 aliphatic rings. The number of aryl methyl sites for hydroxylation is 1. The second-order valence-corrected chi connectivity index (χ2v) is 8.31. The van der Waals surface area contributed by atoms with Crippen LogP contribution in [-0.2, 0) is 33.0 Å². The predicted octanol–water partition coefficient (Wildman–Crippen LogP) is 2.55. The van der Waals surface area contributed by atoms with Crippen LogP contribution in [0.4, 0.5) is 0 Å². The third-order valence-corrected chi connectivity index (χ3v) is 5.72. The minimum absolute atomic E-state index is 0.306. The van der Waals surface area contributed by atoms with Crippen LogP contribution < -0.4 is 10.1 Å². The fourth-order valence-corrected chi connectivity index (χ4v) is 4.02. The van der Waals surface area contributed by atoms with E-state index in [2.05, 4.69) is 51.7 Å². The Morgan fingerprint density at radius 2 is 1.90 bits per heavy atom. The quantitative estimate of drug-likeness (QED) is 0.494. The number of hydrogen-bond acceptors (Lipinski definition) is 5. The maximum absolute atomic E-state index is 10.4. The summed E-state index contributed by atoms with van der Waals surface area (Å²) in [6, 6.07) is 16.7. The zero-order valence-corrected chi connectivity index (χ0v) is 18.2. The van der Waals surface area contributed by atoms with Crippen LogP contribution in [0, 0.1) is 0 Å². The molecule has 6 heteroatoms. The number of nitrogens with zero attached hydrogens (tertiary/aromatic N) is 3. The van der Waals surface area contributed by atoms with E-state index in [4.69, 9.17) is 4.74 Å². The fraction of sp³-hybridized carbons (Fsp3) is 0.400. The van der Waals surface area contributed by atoms with Gasteiger partial charge in [0.15, 0.2) is 0 Å². The number of rotatable bonds is 10. The van der Waals surface area contributed by atoms with E-state index in [9.17, 15) is 5.11 Å². The Hall–Kier alpha value is -2.67. The molecule has 0 bridgehead atoms. The summed E-state index contributed by atoms with van der Waals surface area (Å²) in [7, 11) is 1.94. The molecule has 0 radical (unpaired) electrons. The van der Waals surface area contributed by atoms with Gasteiger partial charge in [0.25, 0.3) is 0 Å². The minimum Gasteiger partial charge on any atom is -0.491 e. The van der Waals surface area contributed by atoms with E-state index in [0.717, 1.165) is 44.8 Å². The van der Waals surface area contributed by atoms with Gasteiger partial charge in [-0.1, -0.05) is 36.4 Å². The highest BCUT2D eigenvalue weighted by Gasteiger charge is 2.18. The molecule has 164 valence electrons. The number of aromatic nitrogens is 2. The van der Waals surface area contributed by atoms with Gasteiger partial charge in [0, 0.05) is 39.4 Å². The molecule has 2 aromatic carbocycles. The molecule has 0 spiro atoms. The summed E-state index contributed by atoms with van der Waals surface area (Å²) in [4.78, 5) is 2.30. The van der Waals surface area contributed by atoms with E-state index < -0.39 is 6.10 Å². The molecule has 2 heterocycles. The summed E-state index contributed by atoms with van der Waals surface area (Å²) >= 11 is 0. The van der Waals surface area contributed by atoms with Crippen molar-refractivity contribution in [1.82, 2.24) is 20.0 Å². The van der Waals surface area contributed by atoms with Crippen LogP contribution in [-0.4, -0.2) is 52.1 Å². The predicted molar refractivity (Wildman–Crippen MR) is 122 cm³/mol. The van der Waals surface area contributed by atoms with Crippen LogP contribution in [0.25, 0.3) is 0 Å². The number of aliphatic hydroxyl groups is 1. The lowest BCUT2D eigenvalue weighted by Crippen LogP contribution is -2.38. The highest BCUT2D eigenvalue weighted by atomic mass is 16.5. The maximum atomic E-state index is 10.4. The van der Waals surface area contributed by atoms with Gasteiger partial charge in [-0.25, -0.2) is 0 Å². The monoisotopic (exact) mass is 420 g/mol. The number of fused-ring (bicyclic) bond motifs is 1. The molecule has 0 saturated heterocycles. The van der Waals surface area contributed by atoms with Crippen LogP contribution >= 0.6 is 0 Å². The SMILES string of the molecule is Cn1cc(CCNCc2ccc(OCC(O)CN3CCc4ccccc4C3)cc2)cn1. The lowest BCUT2D eigenvalue weighted by molar-refractivity contribution is 0.0638. The molecule has 0 fully saturated rings. The van der Waals surface area contributed by atoms with Crippen LogP contribution in [0.1, 0.15) is 22.3 Å². The molecule has 1 unspecified atom stereocenters. The standard InChI is InChI=1S/C25H32N4O2/c1-28-16-21(15-27-28)10-12-26-14-20-6-8-25(9-7-20)31-19-24(30)18-29-13-11-22-4-2-3-5-23(22)17-29/h2-9,15-16,24,26,30H,10-14,17-19H2,1H3. The average Bonchev–Trinajstić information content (AvgIpc) is 3.21. The van der Waals surface area contributed by atoms with E-state index >= 15 is 0 Å². The summed E-state index contributed by atoms with van der Waals surface area (Å²) in [6.45, 7) is 4.55. The number of nitrogens with one attached hydrogen (secondary N) is 1. The second-order valence-electron chi connectivity index (χ2n) is 8.31. The number of benzene rings is 2. The first-order chi connectivity index (χ1) is 15.2. The van der Waals surface area contributed by atoms with Crippen molar-refractivity contribution in [3.8, 4) is 5.75 Å². The van der Waals surface area contributed by atoms with Crippen molar-refractivity contribution in [2.24, 2.45) is 7.05 Å². The summed E-state index contributed by atoms with van der Waals surface area (Å²) in [6.07, 6.45) is 5.47. The Morgan fingerprint density at radius 3 is 2.68 bits per heavy atom. The van der Waals surface area contributed by atoms with Crippen molar-refractivity contribution >= 4 is 0 Å². The van der Waals surface area contributed by atoms with Gasteiger partial charge in [-0.15, -0.1) is 0 Å². The van der Waals surface area contributed by atoms with E-state index in [1.807, 2.05) is 36.3 Å². The van der Waals surface area contributed by atoms with Crippen molar-refractivity contribution in [2.45, 2.75) is 32.0 Å². The molecule has 1 aromatic heterocycles. The molecule has 6 nitrogen and oxygen atoms in total. The van der Waals surface area contributed by atoms with Gasteiger partial charge in [-0.3, -0.25) is 9.58 Å². The van der Waals surface area contributed by atoms with E-state index in [1.54, 1.807) is 0 Å². The van der Waals surface area contributed by atoms with Crippen LogP contribution in [0.2, 0.25) is 0 Å². The Bertz CT molecular complexity index is 954. The lowest BCUT2D eigenvalue weighted by atomic mass is 10.00. The first kappa shape index (κ1) is 21.6. The molecule has 3 aromatic rings. The van der Waals surface area contributed by atoms with Crippen LogP contribution in [0.15, 0.2) is 60.9 Å². The minimum atomic E-state index is -0.501. The number of ether oxygens (including phenoxy) is 1. The molecule has 0 aliphatic carbocycles. The van der Waals surface area contributed by atoms with E-state index in [-0.39, 0.29) is 0 Å². The van der Waals surface area contributed by atoms with Gasteiger partial charge < -0.3 is 15.2 Å². The van der Waals surface area contributed by atoms with Crippen LogP contribution in [0.5, 0.6) is 5.75 Å². The third-order valence-electron chi connectivity index (χ3n) is 5.72. The Kier molecular flexibility index (Phi) is 7.35. The smallest absolute Gasteiger partial charge is 0.119 e. The molecule has 31 heavy (non-hydrogen) atoms. The average molecular weight is 421 g/mol. The van der Waals surface area contributed by atoms with Gasteiger partial charge in [-0.05, 0) is 53.8 Å². The van der Waals surface area contributed by atoms with Crippen molar-refractivity contribution in [2.75, 3.05) is 26.2 Å². The topological polar surface area (TPSA) is 62.6 Å². The van der Waals surface area contributed by atoms with Gasteiger partial charge in [0.2, 0.25) is 0 Å². The maximum Gasteiger partial charge on any atom is 0.119 e. The van der Waals surface area contributed by atoms with E-state index in [0.29, 0.717) is 13.2 Å². The highest BCUT2D eigenvalue weighted by Crippen LogP contribution is 2.19. The Morgan fingerprint density at radius 1 is 1.10 bits per heavy atom. The zero-order chi connectivity index (χ0) is 21.5. The van der Waals surface area contributed by atoms with Gasteiger partial charge in [0.1, 0.15) is 18.5 Å². The third kappa shape index (κ3) is 6.40. The molecule has 4 rings (SSSR count). The summed E-state index contributed by atoms with van der Waals surface area (Å²) in [5.41, 5.74) is 5.25. The molecule has 0 saturated carbocycles. The number of β-amino-alcohol motifs (C(OH)–C–C–N with tert-alkyl or cyclic N) is 1. The Labute approximate surface area is 184 Å². The summed E-state index contributed by atoms with van der Waals surface area (Å²) in [5, 5.41) is 18.1. The van der Waals surface area contributed by atoms with Crippen molar-refractivity contribution in [3.05, 3.63) is 83.2 Å². The first-order valence-corrected chi connectivity index (χ1v) is 11.0. The van der Waals surface area contributed by atoms with Crippen molar-refractivity contribution < 1.29 is 9.84 Å². The summed E-state index contributed by atoms with van der Waals surface area (Å²) in [5.74, 6) is 0.794. The number of hydrogen-bond donors (Lipinski definition) is 2. The van der Waals surface area contributed by atoms with E-state index in [1.165, 1.54) is 22.3 Å².